The maximum atomic E-state index is 5.10. The summed E-state index contributed by atoms with van der Waals surface area (Å²) in [6.45, 7) is 23.1. The van der Waals surface area contributed by atoms with Gasteiger partial charge in [0.1, 0.15) is 0 Å². The molecule has 7 heterocycles. The van der Waals surface area contributed by atoms with Crippen LogP contribution in [0.3, 0.4) is 0 Å². The van der Waals surface area contributed by atoms with E-state index < -0.39 is 0 Å². The maximum Gasteiger partial charge on any atom is 0.0594 e. The van der Waals surface area contributed by atoms with Gasteiger partial charge in [-0.25, -0.2) is 0 Å². The van der Waals surface area contributed by atoms with Crippen LogP contribution in [-0.4, -0.2) is 219 Å². The molecule has 0 aromatic rings. The van der Waals surface area contributed by atoms with Crippen LogP contribution in [-0.2, 0) is 4.74 Å². The highest BCUT2D eigenvalue weighted by Crippen LogP contribution is 2.11. The van der Waals surface area contributed by atoms with E-state index in [1.54, 1.807) is 0 Å². The van der Waals surface area contributed by atoms with Crippen LogP contribution < -0.4 is 0 Å². The van der Waals surface area contributed by atoms with Gasteiger partial charge in [-0.2, -0.15) is 0 Å². The van der Waals surface area contributed by atoms with Gasteiger partial charge in [0, 0.05) is 64.0 Å². The van der Waals surface area contributed by atoms with Gasteiger partial charge in [-0.3, -0.25) is 4.90 Å². The SMILES string of the molecule is CC1CCN(C)C1.CN1CCC1.CN1CCCC1.CN1CCCCC1.CN1CCN(C)CC1.CN1CCOCC1.CN1CCSC1. The van der Waals surface area contributed by atoms with E-state index in [-0.39, 0.29) is 0 Å². The highest BCUT2D eigenvalue weighted by Gasteiger charge is 2.13. The van der Waals surface area contributed by atoms with Crippen molar-refractivity contribution < 1.29 is 4.74 Å². The maximum absolute atomic E-state index is 5.10. The summed E-state index contributed by atoms with van der Waals surface area (Å²) in [5.41, 5.74) is 0. The molecule has 7 aliphatic heterocycles. The number of hydrogen-bond acceptors (Lipinski definition) is 10. The van der Waals surface area contributed by atoms with Gasteiger partial charge >= 0.3 is 0 Å². The molecule has 0 saturated carbocycles. The van der Waals surface area contributed by atoms with Gasteiger partial charge in [0.2, 0.25) is 0 Å². The van der Waals surface area contributed by atoms with Crippen LogP contribution in [0.5, 0.6) is 0 Å². The lowest BCUT2D eigenvalue weighted by Crippen LogP contribution is -2.42. The summed E-state index contributed by atoms with van der Waals surface area (Å²) in [6, 6.07) is 0. The zero-order chi connectivity index (χ0) is 34.0. The van der Waals surface area contributed by atoms with Crippen molar-refractivity contribution >= 4 is 11.8 Å². The summed E-state index contributed by atoms with van der Waals surface area (Å²) in [5.74, 6) is 3.52. The first kappa shape index (κ1) is 44.0. The van der Waals surface area contributed by atoms with Crippen molar-refractivity contribution in [3.05, 3.63) is 0 Å². The van der Waals surface area contributed by atoms with Crippen LogP contribution in [0.4, 0.5) is 0 Å². The molecule has 1 atom stereocenters. The molecule has 7 aliphatic rings. The van der Waals surface area contributed by atoms with Gasteiger partial charge in [-0.15, -0.1) is 11.8 Å². The molecular formula is C36H80N8OS. The normalized spacial score (nSPS) is 26.9. The summed E-state index contributed by atoms with van der Waals surface area (Å²) in [5, 5.41) is 0. The van der Waals surface area contributed by atoms with E-state index in [1.165, 1.54) is 142 Å². The standard InChI is InChI=1S/C6H14N2.2C6H13N.C5H11NO.C5H11N.C4H9NS.C4H9N/c1-7-3-5-8(2)6-4-7;1-6-3-4-7(2)5-6;1-7-5-3-2-4-6-7;1-6-2-4-7-5-3-6;1-6-4-2-3-5-6;1-5-2-3-6-4-5;1-5-3-2-4-5/h3-6H2,1-2H3;6H,3-5H2,1-2H3;2-6H2,1H3;2-5H2,1H3;2-5H2,1H3;2-4H2,1H3;2-4H2,1H3. The minimum absolute atomic E-state index is 0.913. The Labute approximate surface area is 292 Å². The van der Waals surface area contributed by atoms with Crippen LogP contribution in [0.1, 0.15) is 51.9 Å². The lowest BCUT2D eigenvalue weighted by molar-refractivity contribution is 0.0503. The van der Waals surface area contributed by atoms with Gasteiger partial charge in [-0.1, -0.05) is 13.3 Å². The van der Waals surface area contributed by atoms with Crippen molar-refractivity contribution in [1.29, 1.82) is 0 Å². The third kappa shape index (κ3) is 26.9. The Balaban J connectivity index is 0.000000269. The Morgan fingerprint density at radius 1 is 0.413 bits per heavy atom. The molecule has 10 heteroatoms. The summed E-state index contributed by atoms with van der Waals surface area (Å²) < 4.78 is 5.10. The summed E-state index contributed by atoms with van der Waals surface area (Å²) >= 11 is 2.01. The Bertz CT molecular complexity index is 590. The number of likely N-dealkylation sites (tertiary alicyclic amines) is 4. The second-order valence-corrected chi connectivity index (χ2v) is 15.9. The van der Waals surface area contributed by atoms with Gasteiger partial charge in [-0.05, 0) is 147 Å². The number of thioether (sulfide) groups is 1. The molecule has 0 amide bonds. The largest absolute Gasteiger partial charge is 0.379 e. The van der Waals surface area contributed by atoms with Crippen molar-refractivity contribution in [3.63, 3.8) is 0 Å². The molecule has 0 bridgehead atoms. The quantitative estimate of drug-likeness (QED) is 0.382. The van der Waals surface area contributed by atoms with E-state index in [2.05, 4.69) is 103 Å². The number of likely N-dealkylation sites (N-methyl/N-ethyl adjacent to an activating group) is 3. The van der Waals surface area contributed by atoms with Gasteiger partial charge in [0.05, 0.1) is 13.2 Å². The lowest BCUT2D eigenvalue weighted by atomic mass is 10.1. The Hall–Kier alpha value is -0.0100. The van der Waals surface area contributed by atoms with Gasteiger partial charge < -0.3 is 39.0 Å². The summed E-state index contributed by atoms with van der Waals surface area (Å²) in [4.78, 5) is 18.8. The number of nitrogens with zero attached hydrogens (tertiary/aromatic N) is 8. The Morgan fingerprint density at radius 3 is 1.00 bits per heavy atom. The predicted molar refractivity (Wildman–Crippen MR) is 205 cm³/mol. The highest BCUT2D eigenvalue weighted by molar-refractivity contribution is 7.99. The first-order valence-electron chi connectivity index (χ1n) is 18.7. The molecule has 7 fully saturated rings. The van der Waals surface area contributed by atoms with Crippen LogP contribution >= 0.6 is 11.8 Å². The number of hydrogen-bond donors (Lipinski definition) is 0. The van der Waals surface area contributed by atoms with Crippen molar-refractivity contribution in [1.82, 2.24) is 39.2 Å². The van der Waals surface area contributed by atoms with E-state index >= 15 is 0 Å². The third-order valence-electron chi connectivity index (χ3n) is 9.51. The monoisotopic (exact) mass is 673 g/mol. The lowest BCUT2D eigenvalue weighted by Gasteiger charge is -2.28. The second kappa shape index (κ2) is 28.8. The van der Waals surface area contributed by atoms with Crippen LogP contribution in [0.2, 0.25) is 0 Å². The number of piperidine rings is 1. The van der Waals surface area contributed by atoms with Gasteiger partial charge in [0.25, 0.3) is 0 Å². The van der Waals surface area contributed by atoms with Crippen LogP contribution in [0.25, 0.3) is 0 Å². The van der Waals surface area contributed by atoms with Crippen LogP contribution in [0, 0.1) is 5.92 Å². The summed E-state index contributed by atoms with van der Waals surface area (Å²) in [7, 11) is 17.3. The van der Waals surface area contributed by atoms with Crippen molar-refractivity contribution in [3.8, 4) is 0 Å². The number of morpholine rings is 1. The fraction of sp³-hybridized carbons (Fsp3) is 1.00. The average molecular weight is 673 g/mol. The molecule has 0 spiro atoms. The molecule has 0 radical (unpaired) electrons. The average Bonchev–Trinajstić information content (AvgIpc) is 3.81. The van der Waals surface area contributed by atoms with E-state index in [9.17, 15) is 0 Å². The minimum Gasteiger partial charge on any atom is -0.379 e. The molecule has 0 aliphatic carbocycles. The highest BCUT2D eigenvalue weighted by atomic mass is 32.2. The minimum atomic E-state index is 0.913. The van der Waals surface area contributed by atoms with Crippen molar-refractivity contribution in [2.45, 2.75) is 51.9 Å². The Kier molecular flexibility index (Phi) is 27.5. The van der Waals surface area contributed by atoms with E-state index in [4.69, 9.17) is 4.74 Å². The first-order chi connectivity index (χ1) is 22.0. The molecule has 1 unspecified atom stereocenters. The number of ether oxygens (including phenoxy) is 1. The molecular weight excluding hydrogens is 593 g/mol. The predicted octanol–water partition coefficient (Wildman–Crippen LogP) is 3.53. The van der Waals surface area contributed by atoms with Crippen LogP contribution in [0.15, 0.2) is 0 Å². The zero-order valence-corrected chi connectivity index (χ0v) is 33.2. The molecule has 0 aromatic carbocycles. The fourth-order valence-electron chi connectivity index (χ4n) is 5.62. The number of rotatable bonds is 0. The molecule has 276 valence electrons. The zero-order valence-electron chi connectivity index (χ0n) is 32.4. The molecule has 7 rings (SSSR count). The third-order valence-corrected chi connectivity index (χ3v) is 10.6. The van der Waals surface area contributed by atoms with E-state index in [1.807, 2.05) is 11.8 Å². The van der Waals surface area contributed by atoms with Crippen molar-refractivity contribution in [2.75, 3.05) is 179 Å². The topological polar surface area (TPSA) is 35.2 Å². The smallest absolute Gasteiger partial charge is 0.0594 e. The van der Waals surface area contributed by atoms with E-state index in [0.29, 0.717) is 0 Å². The molecule has 7 saturated heterocycles. The molecule has 0 N–H and O–H groups in total. The van der Waals surface area contributed by atoms with Crippen molar-refractivity contribution in [2.24, 2.45) is 5.92 Å². The molecule has 46 heavy (non-hydrogen) atoms. The number of piperazine rings is 1. The molecule has 9 nitrogen and oxygen atoms in total. The summed E-state index contributed by atoms with van der Waals surface area (Å²) in [6.07, 6.45) is 9.91. The second-order valence-electron chi connectivity index (χ2n) is 14.8. The van der Waals surface area contributed by atoms with E-state index in [0.717, 1.165) is 32.2 Å². The molecule has 0 aromatic heterocycles. The Morgan fingerprint density at radius 2 is 0.826 bits per heavy atom. The fourth-order valence-corrected chi connectivity index (χ4v) is 6.63. The van der Waals surface area contributed by atoms with Gasteiger partial charge in [0.15, 0.2) is 0 Å². The first-order valence-corrected chi connectivity index (χ1v) is 19.8.